The van der Waals surface area contributed by atoms with E-state index >= 15 is 0 Å². The van der Waals surface area contributed by atoms with Gasteiger partial charge < -0.3 is 5.73 Å². The molecule has 12 heavy (non-hydrogen) atoms. The molecule has 0 bridgehead atoms. The first-order chi connectivity index (χ1) is 5.68. The molecular weight excluding hydrogens is 199 g/mol. The van der Waals surface area contributed by atoms with E-state index in [-0.39, 0.29) is 0 Å². The number of nitrogen functional groups attached to an aromatic ring is 1. The number of hydrogen-bond donors (Lipinski definition) is 1. The first-order valence-electron chi connectivity index (χ1n) is 3.14. The molecule has 2 heterocycles. The van der Waals surface area contributed by atoms with Crippen LogP contribution in [-0.4, -0.2) is 14.6 Å². The molecule has 0 unspecified atom stereocenters. The molecule has 0 radical (unpaired) electrons. The van der Waals surface area contributed by atoms with Crippen LogP contribution in [0.15, 0.2) is 12.3 Å². The lowest BCUT2D eigenvalue weighted by Crippen LogP contribution is -1.99. The van der Waals surface area contributed by atoms with Crippen molar-refractivity contribution in [1.29, 1.82) is 0 Å². The van der Waals surface area contributed by atoms with Crippen molar-refractivity contribution >= 4 is 34.7 Å². The molecule has 62 valence electrons. The number of anilines is 1. The number of nitrogens with two attached hydrogens (primary N) is 1. The van der Waals surface area contributed by atoms with Crippen molar-refractivity contribution in [1.82, 2.24) is 14.6 Å². The number of hydrogen-bond acceptors (Lipinski definition) is 3. The predicted octanol–water partition coefficient (Wildman–Crippen LogP) is 1.62. The van der Waals surface area contributed by atoms with Gasteiger partial charge in [-0.2, -0.15) is 9.61 Å². The third-order valence-electron chi connectivity index (χ3n) is 1.43. The summed E-state index contributed by atoms with van der Waals surface area (Å²) in [6.07, 6.45) is 1.47. The van der Waals surface area contributed by atoms with E-state index in [1.54, 1.807) is 0 Å². The van der Waals surface area contributed by atoms with Crippen molar-refractivity contribution in [3.8, 4) is 0 Å². The summed E-state index contributed by atoms with van der Waals surface area (Å²) in [7, 11) is 0. The lowest BCUT2D eigenvalue weighted by molar-refractivity contribution is 0.952. The lowest BCUT2D eigenvalue weighted by Gasteiger charge is -1.97. The summed E-state index contributed by atoms with van der Waals surface area (Å²) < 4.78 is 1.42. The Balaban J connectivity index is 2.92. The van der Waals surface area contributed by atoms with Gasteiger partial charge in [-0.05, 0) is 0 Å². The topological polar surface area (TPSA) is 56.2 Å². The molecule has 0 fully saturated rings. The number of fused-ring (bicyclic) bond motifs is 1. The molecule has 0 aliphatic rings. The molecule has 0 saturated carbocycles. The molecule has 2 aromatic heterocycles. The molecule has 0 aliphatic heterocycles. The van der Waals surface area contributed by atoms with Gasteiger partial charge in [0, 0.05) is 6.07 Å². The smallest absolute Gasteiger partial charge is 0.177 e. The SMILES string of the molecule is Nc1cc(Cl)nc2c(Cl)cnn12. The second kappa shape index (κ2) is 2.50. The summed E-state index contributed by atoms with van der Waals surface area (Å²) in [6, 6.07) is 1.51. The minimum absolute atomic E-state index is 0.308. The van der Waals surface area contributed by atoms with E-state index in [0.29, 0.717) is 21.6 Å². The molecule has 0 aliphatic carbocycles. The first-order valence-corrected chi connectivity index (χ1v) is 3.89. The van der Waals surface area contributed by atoms with Gasteiger partial charge in [-0.1, -0.05) is 23.2 Å². The van der Waals surface area contributed by atoms with Crippen LogP contribution in [0.5, 0.6) is 0 Å². The Bertz CT molecular complexity index is 436. The highest BCUT2D eigenvalue weighted by molar-refractivity contribution is 6.34. The highest BCUT2D eigenvalue weighted by atomic mass is 35.5. The van der Waals surface area contributed by atoms with Crippen molar-refractivity contribution < 1.29 is 0 Å². The average Bonchev–Trinajstić information content (AvgIpc) is 2.33. The summed E-state index contributed by atoms with van der Waals surface area (Å²) in [5.41, 5.74) is 6.06. The van der Waals surface area contributed by atoms with Crippen LogP contribution in [0.25, 0.3) is 5.65 Å². The molecular formula is C6H4Cl2N4. The largest absolute Gasteiger partial charge is 0.383 e. The zero-order valence-corrected chi connectivity index (χ0v) is 7.34. The second-order valence-electron chi connectivity index (χ2n) is 2.23. The van der Waals surface area contributed by atoms with Gasteiger partial charge in [-0.3, -0.25) is 0 Å². The molecule has 2 rings (SSSR count). The number of rotatable bonds is 0. The minimum Gasteiger partial charge on any atom is -0.383 e. The lowest BCUT2D eigenvalue weighted by atomic mass is 10.5. The zero-order chi connectivity index (χ0) is 8.72. The fourth-order valence-electron chi connectivity index (χ4n) is 0.928. The maximum atomic E-state index is 5.76. The van der Waals surface area contributed by atoms with Crippen LogP contribution in [0, 0.1) is 0 Å². The van der Waals surface area contributed by atoms with Gasteiger partial charge >= 0.3 is 0 Å². The van der Waals surface area contributed by atoms with E-state index in [0.717, 1.165) is 0 Å². The van der Waals surface area contributed by atoms with Gasteiger partial charge in [0.25, 0.3) is 0 Å². The molecule has 0 amide bonds. The number of halogens is 2. The molecule has 2 aromatic rings. The highest BCUT2D eigenvalue weighted by Gasteiger charge is 2.06. The summed E-state index contributed by atoms with van der Waals surface area (Å²) in [6.45, 7) is 0. The van der Waals surface area contributed by atoms with Crippen LogP contribution >= 0.6 is 23.2 Å². The number of aromatic nitrogens is 3. The van der Waals surface area contributed by atoms with Crippen LogP contribution in [0.1, 0.15) is 0 Å². The molecule has 4 nitrogen and oxygen atoms in total. The van der Waals surface area contributed by atoms with Crippen molar-refractivity contribution in [3.63, 3.8) is 0 Å². The van der Waals surface area contributed by atoms with Gasteiger partial charge in [0.05, 0.1) is 6.20 Å². The Hall–Kier alpha value is -1.00. The van der Waals surface area contributed by atoms with Crippen molar-refractivity contribution in [2.75, 3.05) is 5.73 Å². The summed E-state index contributed by atoms with van der Waals surface area (Å²) in [5, 5.41) is 4.64. The zero-order valence-electron chi connectivity index (χ0n) is 5.83. The van der Waals surface area contributed by atoms with Crippen LogP contribution in [-0.2, 0) is 0 Å². The molecule has 0 spiro atoms. The fraction of sp³-hybridized carbons (Fsp3) is 0. The Morgan fingerprint density at radius 1 is 1.42 bits per heavy atom. The maximum absolute atomic E-state index is 5.76. The maximum Gasteiger partial charge on any atom is 0.177 e. The molecule has 0 saturated heterocycles. The van der Waals surface area contributed by atoms with E-state index in [1.807, 2.05) is 0 Å². The molecule has 2 N–H and O–H groups in total. The molecule has 6 heteroatoms. The van der Waals surface area contributed by atoms with E-state index in [2.05, 4.69) is 10.1 Å². The van der Waals surface area contributed by atoms with Crippen LogP contribution in [0.4, 0.5) is 5.82 Å². The van der Waals surface area contributed by atoms with E-state index in [4.69, 9.17) is 28.9 Å². The summed E-state index contributed by atoms with van der Waals surface area (Å²) in [4.78, 5) is 3.95. The van der Waals surface area contributed by atoms with Crippen LogP contribution in [0.3, 0.4) is 0 Å². The summed E-state index contributed by atoms with van der Waals surface area (Å²) >= 11 is 11.4. The van der Waals surface area contributed by atoms with Gasteiger partial charge in [0.1, 0.15) is 16.0 Å². The van der Waals surface area contributed by atoms with E-state index < -0.39 is 0 Å². The van der Waals surface area contributed by atoms with Gasteiger partial charge in [-0.25, -0.2) is 4.98 Å². The predicted molar refractivity (Wildman–Crippen MR) is 47.4 cm³/mol. The van der Waals surface area contributed by atoms with Gasteiger partial charge in [0.15, 0.2) is 5.65 Å². The van der Waals surface area contributed by atoms with Crippen molar-refractivity contribution in [2.45, 2.75) is 0 Å². The Morgan fingerprint density at radius 3 is 2.92 bits per heavy atom. The van der Waals surface area contributed by atoms with Crippen LogP contribution in [0.2, 0.25) is 10.2 Å². The fourth-order valence-corrected chi connectivity index (χ4v) is 1.29. The second-order valence-corrected chi connectivity index (χ2v) is 3.03. The molecule has 0 atom stereocenters. The third-order valence-corrected chi connectivity index (χ3v) is 1.89. The Kier molecular flexibility index (Phi) is 1.59. The Morgan fingerprint density at radius 2 is 2.17 bits per heavy atom. The van der Waals surface area contributed by atoms with Gasteiger partial charge in [-0.15, -0.1) is 0 Å². The van der Waals surface area contributed by atoms with Crippen molar-refractivity contribution in [3.05, 3.63) is 22.4 Å². The first kappa shape index (κ1) is 7.64. The van der Waals surface area contributed by atoms with E-state index in [1.165, 1.54) is 16.8 Å². The molecule has 0 aromatic carbocycles. The minimum atomic E-state index is 0.308. The third kappa shape index (κ3) is 1.00. The van der Waals surface area contributed by atoms with E-state index in [9.17, 15) is 0 Å². The highest BCUT2D eigenvalue weighted by Crippen LogP contribution is 2.19. The monoisotopic (exact) mass is 202 g/mol. The number of nitrogens with zero attached hydrogens (tertiary/aromatic N) is 3. The quantitative estimate of drug-likeness (QED) is 0.661. The van der Waals surface area contributed by atoms with Gasteiger partial charge in [0.2, 0.25) is 0 Å². The standard InChI is InChI=1S/C6H4Cl2N4/c7-3-2-10-12-5(9)1-4(8)11-6(3)12/h1-2H,9H2. The van der Waals surface area contributed by atoms with Crippen LogP contribution < -0.4 is 5.73 Å². The summed E-state index contributed by atoms with van der Waals surface area (Å²) in [5.74, 6) is 0.414. The van der Waals surface area contributed by atoms with Crippen molar-refractivity contribution in [2.24, 2.45) is 0 Å². The normalized spacial score (nSPS) is 10.8. The average molecular weight is 203 g/mol. The Labute approximate surface area is 77.9 Å².